The van der Waals surface area contributed by atoms with Crippen LogP contribution in [0.4, 0.5) is 0 Å². The first-order valence-corrected chi connectivity index (χ1v) is 6.53. The van der Waals surface area contributed by atoms with Crippen molar-refractivity contribution in [3.05, 3.63) is 0 Å². The van der Waals surface area contributed by atoms with E-state index >= 15 is 0 Å². The van der Waals surface area contributed by atoms with Gasteiger partial charge >= 0.3 is 0 Å². The average Bonchev–Trinajstić information content (AvgIpc) is 2.19. The van der Waals surface area contributed by atoms with E-state index in [1.165, 1.54) is 0 Å². The molecule has 0 radical (unpaired) electrons. The number of hydrogen-bond acceptors (Lipinski definition) is 3. The molecule has 1 atom stereocenters. The summed E-state index contributed by atoms with van der Waals surface area (Å²) in [5.41, 5.74) is 0. The summed E-state index contributed by atoms with van der Waals surface area (Å²) in [6, 6.07) is 1.20. The van der Waals surface area contributed by atoms with E-state index in [1.54, 1.807) is 0 Å². The normalized spacial score (nSPS) is 23.9. The molecular formula is C13H27N3. The van der Waals surface area contributed by atoms with Crippen molar-refractivity contribution in [3.63, 3.8) is 0 Å². The summed E-state index contributed by atoms with van der Waals surface area (Å²) in [4.78, 5) is 2.53. The third-order valence-electron chi connectivity index (χ3n) is 3.16. The lowest BCUT2D eigenvalue weighted by atomic mass is 10.1. The summed E-state index contributed by atoms with van der Waals surface area (Å²) in [7, 11) is 0. The molecule has 0 spiro atoms. The van der Waals surface area contributed by atoms with E-state index in [4.69, 9.17) is 0 Å². The van der Waals surface area contributed by atoms with Crippen LogP contribution in [0.2, 0.25) is 0 Å². The monoisotopic (exact) mass is 225 g/mol. The fraction of sp³-hybridized carbons (Fsp3) is 0.923. The Morgan fingerprint density at radius 2 is 1.94 bits per heavy atom. The van der Waals surface area contributed by atoms with Gasteiger partial charge in [0.2, 0.25) is 0 Å². The van der Waals surface area contributed by atoms with Gasteiger partial charge in [-0.1, -0.05) is 13.8 Å². The molecule has 1 fully saturated rings. The molecule has 0 aromatic carbocycles. The Morgan fingerprint density at radius 3 is 2.44 bits per heavy atom. The zero-order valence-corrected chi connectivity index (χ0v) is 11.5. The van der Waals surface area contributed by atoms with Gasteiger partial charge < -0.3 is 0 Å². The molecule has 94 valence electrons. The molecule has 0 saturated carbocycles. The van der Waals surface area contributed by atoms with Crippen LogP contribution in [-0.2, 0) is 0 Å². The molecule has 3 heteroatoms. The van der Waals surface area contributed by atoms with Crippen LogP contribution in [0.3, 0.4) is 0 Å². The fourth-order valence-electron chi connectivity index (χ4n) is 1.98. The summed E-state index contributed by atoms with van der Waals surface area (Å²) in [6.45, 7) is 14.6. The van der Waals surface area contributed by atoms with Crippen molar-refractivity contribution in [2.24, 2.45) is 11.0 Å². The Bertz CT molecular complexity index is 223. The molecule has 0 bridgehead atoms. The Kier molecular flexibility index (Phi) is 5.26. The maximum atomic E-state index is 4.58. The average molecular weight is 225 g/mol. The van der Waals surface area contributed by atoms with E-state index in [1.807, 2.05) is 0 Å². The first-order chi connectivity index (χ1) is 7.50. The lowest BCUT2D eigenvalue weighted by Gasteiger charge is -2.40. The third-order valence-corrected chi connectivity index (χ3v) is 3.16. The van der Waals surface area contributed by atoms with E-state index in [9.17, 15) is 0 Å². The van der Waals surface area contributed by atoms with Crippen LogP contribution in [0.5, 0.6) is 0 Å². The molecule has 0 aliphatic carbocycles. The van der Waals surface area contributed by atoms with Crippen LogP contribution < -0.4 is 0 Å². The van der Waals surface area contributed by atoms with Gasteiger partial charge in [-0.2, -0.15) is 5.10 Å². The van der Waals surface area contributed by atoms with Crippen LogP contribution in [0.25, 0.3) is 0 Å². The minimum absolute atomic E-state index is 0.541. The van der Waals surface area contributed by atoms with Gasteiger partial charge in [0.25, 0.3) is 0 Å². The Hall–Kier alpha value is -0.570. The van der Waals surface area contributed by atoms with E-state index in [0.29, 0.717) is 18.0 Å². The first-order valence-electron chi connectivity index (χ1n) is 6.53. The molecule has 0 amide bonds. The highest BCUT2D eigenvalue weighted by Crippen LogP contribution is 2.12. The standard InChI is InChI=1S/C13H27N3/c1-11(2)6-7-14-16-9-8-15(12(3)4)10-13(16)5/h7,11-13H,6,8-10H2,1-5H3/b14-7-. The number of nitrogens with zero attached hydrogens (tertiary/aromatic N) is 3. The molecule has 0 N–H and O–H groups in total. The van der Waals surface area contributed by atoms with Crippen molar-refractivity contribution < 1.29 is 0 Å². The van der Waals surface area contributed by atoms with Gasteiger partial charge in [-0.05, 0) is 33.1 Å². The Morgan fingerprint density at radius 1 is 1.25 bits per heavy atom. The van der Waals surface area contributed by atoms with Crippen LogP contribution in [0, 0.1) is 5.92 Å². The lowest BCUT2D eigenvalue weighted by Crippen LogP contribution is -2.51. The second-order valence-electron chi connectivity index (χ2n) is 5.53. The predicted octanol–water partition coefficient (Wildman–Crippen LogP) is 2.43. The van der Waals surface area contributed by atoms with Crippen molar-refractivity contribution in [2.45, 2.75) is 53.1 Å². The number of hydrazone groups is 1. The summed E-state index contributed by atoms with van der Waals surface area (Å²) < 4.78 is 0. The van der Waals surface area contributed by atoms with Crippen molar-refractivity contribution in [1.29, 1.82) is 0 Å². The van der Waals surface area contributed by atoms with Gasteiger partial charge in [-0.3, -0.25) is 9.91 Å². The Balaban J connectivity index is 2.38. The van der Waals surface area contributed by atoms with Gasteiger partial charge in [0, 0.05) is 31.9 Å². The first kappa shape index (κ1) is 13.5. The van der Waals surface area contributed by atoms with Crippen molar-refractivity contribution >= 4 is 6.21 Å². The van der Waals surface area contributed by atoms with Gasteiger partial charge in [-0.15, -0.1) is 0 Å². The van der Waals surface area contributed by atoms with Gasteiger partial charge in [-0.25, -0.2) is 0 Å². The molecule has 0 aromatic heterocycles. The topological polar surface area (TPSA) is 18.8 Å². The summed E-state index contributed by atoms with van der Waals surface area (Å²) in [5, 5.41) is 6.82. The maximum Gasteiger partial charge on any atom is 0.0570 e. The van der Waals surface area contributed by atoms with Crippen molar-refractivity contribution in [3.8, 4) is 0 Å². The molecule has 16 heavy (non-hydrogen) atoms. The highest BCUT2D eigenvalue weighted by atomic mass is 15.5. The minimum Gasteiger partial charge on any atom is -0.297 e. The van der Waals surface area contributed by atoms with Crippen LogP contribution in [0.15, 0.2) is 5.10 Å². The van der Waals surface area contributed by atoms with Gasteiger partial charge in [0.15, 0.2) is 0 Å². The summed E-state index contributed by atoms with van der Waals surface area (Å²) >= 11 is 0. The number of piperazine rings is 1. The second kappa shape index (κ2) is 6.24. The van der Waals surface area contributed by atoms with Crippen LogP contribution in [-0.4, -0.2) is 47.8 Å². The molecule has 1 unspecified atom stereocenters. The number of hydrogen-bond donors (Lipinski definition) is 0. The smallest absolute Gasteiger partial charge is 0.0570 e. The van der Waals surface area contributed by atoms with E-state index in [0.717, 1.165) is 26.1 Å². The van der Waals surface area contributed by atoms with Crippen LogP contribution >= 0.6 is 0 Å². The zero-order chi connectivity index (χ0) is 12.1. The van der Waals surface area contributed by atoms with Crippen molar-refractivity contribution in [1.82, 2.24) is 9.91 Å². The van der Waals surface area contributed by atoms with E-state index in [2.05, 4.69) is 55.8 Å². The molecule has 1 aliphatic heterocycles. The molecular weight excluding hydrogens is 198 g/mol. The SMILES string of the molecule is CC(C)C/C=N\N1CCN(C(C)C)CC1C. The zero-order valence-electron chi connectivity index (χ0n) is 11.5. The van der Waals surface area contributed by atoms with E-state index < -0.39 is 0 Å². The van der Waals surface area contributed by atoms with Gasteiger partial charge in [0.1, 0.15) is 0 Å². The van der Waals surface area contributed by atoms with Crippen LogP contribution in [0.1, 0.15) is 41.0 Å². The third kappa shape index (κ3) is 4.12. The van der Waals surface area contributed by atoms with Crippen molar-refractivity contribution in [2.75, 3.05) is 19.6 Å². The fourth-order valence-corrected chi connectivity index (χ4v) is 1.98. The van der Waals surface area contributed by atoms with E-state index in [-0.39, 0.29) is 0 Å². The minimum atomic E-state index is 0.541. The summed E-state index contributed by atoms with van der Waals surface area (Å²) in [5.74, 6) is 0.705. The summed E-state index contributed by atoms with van der Waals surface area (Å²) in [6.07, 6.45) is 3.16. The van der Waals surface area contributed by atoms with Gasteiger partial charge in [0.05, 0.1) is 6.04 Å². The largest absolute Gasteiger partial charge is 0.297 e. The molecule has 1 heterocycles. The maximum absolute atomic E-state index is 4.58. The molecule has 0 aromatic rings. The second-order valence-corrected chi connectivity index (χ2v) is 5.53. The quantitative estimate of drug-likeness (QED) is 0.684. The Labute approximate surface area is 100 Å². The lowest BCUT2D eigenvalue weighted by molar-refractivity contribution is 0.0675. The number of rotatable bonds is 4. The molecule has 1 rings (SSSR count). The molecule has 1 aliphatic rings. The highest BCUT2D eigenvalue weighted by Gasteiger charge is 2.23. The highest BCUT2D eigenvalue weighted by molar-refractivity contribution is 5.56. The predicted molar refractivity (Wildman–Crippen MR) is 70.8 cm³/mol. The molecule has 1 saturated heterocycles. The molecule has 3 nitrogen and oxygen atoms in total.